The first-order valence-corrected chi connectivity index (χ1v) is 8.17. The summed E-state index contributed by atoms with van der Waals surface area (Å²) in [5, 5.41) is 3.73. The molecule has 2 saturated heterocycles. The minimum absolute atomic E-state index is 0.744. The van der Waals surface area contributed by atoms with Crippen LogP contribution in [0.3, 0.4) is 0 Å². The molecule has 3 nitrogen and oxygen atoms in total. The van der Waals surface area contributed by atoms with Crippen LogP contribution in [0.25, 0.3) is 0 Å². The van der Waals surface area contributed by atoms with Crippen molar-refractivity contribution in [2.24, 2.45) is 0 Å². The van der Waals surface area contributed by atoms with Crippen LogP contribution in [0.5, 0.6) is 0 Å². The molecule has 0 aliphatic carbocycles. The van der Waals surface area contributed by atoms with Crippen LogP contribution in [-0.4, -0.2) is 34.6 Å². The highest BCUT2D eigenvalue weighted by Crippen LogP contribution is 2.36. The van der Waals surface area contributed by atoms with Gasteiger partial charge in [0, 0.05) is 30.9 Å². The van der Waals surface area contributed by atoms with Gasteiger partial charge in [-0.3, -0.25) is 9.88 Å². The Hall–Kier alpha value is -0.930. The third-order valence-corrected chi connectivity index (χ3v) is 5.02. The van der Waals surface area contributed by atoms with Crippen molar-refractivity contribution in [3.05, 3.63) is 29.6 Å². The van der Waals surface area contributed by atoms with Crippen molar-refractivity contribution in [2.45, 2.75) is 70.6 Å². The topological polar surface area (TPSA) is 28.2 Å². The smallest absolute Gasteiger partial charge is 0.0573 e. The van der Waals surface area contributed by atoms with E-state index in [0.717, 1.165) is 24.7 Å². The lowest BCUT2D eigenvalue weighted by atomic mass is 9.96. The third-order valence-electron chi connectivity index (χ3n) is 5.02. The minimum atomic E-state index is 0.744. The number of nitrogens with zero attached hydrogens (tertiary/aromatic N) is 2. The molecular formula is C17H27N3. The van der Waals surface area contributed by atoms with Crippen molar-refractivity contribution in [2.75, 3.05) is 6.54 Å². The van der Waals surface area contributed by atoms with Crippen LogP contribution in [0, 0.1) is 6.92 Å². The van der Waals surface area contributed by atoms with Crippen molar-refractivity contribution in [3.63, 3.8) is 0 Å². The molecule has 110 valence electrons. The molecule has 1 aromatic rings. The zero-order valence-electron chi connectivity index (χ0n) is 12.8. The average molecular weight is 273 g/mol. The Morgan fingerprint density at radius 2 is 2.05 bits per heavy atom. The standard InChI is InChI=1S/C17H27N3/c1-3-8-18-14-10-15-6-7-16(11-14)20(15)12-17-13(2)5-4-9-19-17/h4-5,9,14-16,18H,3,6-8,10-12H2,1-2H3. The summed E-state index contributed by atoms with van der Waals surface area (Å²) < 4.78 is 0. The van der Waals surface area contributed by atoms with E-state index in [1.807, 2.05) is 12.3 Å². The largest absolute Gasteiger partial charge is 0.314 e. The van der Waals surface area contributed by atoms with Gasteiger partial charge in [-0.25, -0.2) is 0 Å². The highest BCUT2D eigenvalue weighted by molar-refractivity contribution is 5.18. The number of piperidine rings is 1. The van der Waals surface area contributed by atoms with E-state index < -0.39 is 0 Å². The number of aromatic nitrogens is 1. The van der Waals surface area contributed by atoms with E-state index in [9.17, 15) is 0 Å². The molecule has 0 saturated carbocycles. The van der Waals surface area contributed by atoms with Crippen molar-refractivity contribution < 1.29 is 0 Å². The second-order valence-corrected chi connectivity index (χ2v) is 6.45. The maximum absolute atomic E-state index is 4.58. The lowest BCUT2D eigenvalue weighted by Crippen LogP contribution is -2.48. The molecule has 0 spiro atoms. The maximum Gasteiger partial charge on any atom is 0.0573 e. The first-order chi connectivity index (χ1) is 9.78. The summed E-state index contributed by atoms with van der Waals surface area (Å²) in [6, 6.07) is 6.50. The fourth-order valence-corrected chi connectivity index (χ4v) is 3.90. The summed E-state index contributed by atoms with van der Waals surface area (Å²) in [7, 11) is 0. The normalized spacial score (nSPS) is 29.8. The summed E-state index contributed by atoms with van der Waals surface area (Å²) in [6.45, 7) is 6.65. The third kappa shape index (κ3) is 2.89. The zero-order valence-corrected chi connectivity index (χ0v) is 12.8. The zero-order chi connectivity index (χ0) is 13.9. The fourth-order valence-electron chi connectivity index (χ4n) is 3.90. The molecule has 1 aromatic heterocycles. The lowest BCUT2D eigenvalue weighted by molar-refractivity contribution is 0.108. The minimum Gasteiger partial charge on any atom is -0.314 e. The molecular weight excluding hydrogens is 246 g/mol. The van der Waals surface area contributed by atoms with Gasteiger partial charge in [-0.05, 0) is 57.2 Å². The van der Waals surface area contributed by atoms with Crippen LogP contribution in [0.1, 0.15) is 50.3 Å². The summed E-state index contributed by atoms with van der Waals surface area (Å²) in [6.07, 6.45) is 8.56. The van der Waals surface area contributed by atoms with E-state index in [4.69, 9.17) is 0 Å². The second kappa shape index (κ2) is 6.23. The summed E-state index contributed by atoms with van der Waals surface area (Å²) in [5.41, 5.74) is 2.60. The molecule has 2 unspecified atom stereocenters. The number of aryl methyl sites for hydroxylation is 1. The highest BCUT2D eigenvalue weighted by atomic mass is 15.2. The van der Waals surface area contributed by atoms with Crippen LogP contribution >= 0.6 is 0 Å². The van der Waals surface area contributed by atoms with Crippen molar-refractivity contribution in [3.8, 4) is 0 Å². The average Bonchev–Trinajstić information content (AvgIpc) is 2.70. The highest BCUT2D eigenvalue weighted by Gasteiger charge is 2.40. The van der Waals surface area contributed by atoms with E-state index in [0.29, 0.717) is 0 Å². The Bertz CT molecular complexity index is 432. The molecule has 3 heterocycles. The van der Waals surface area contributed by atoms with Gasteiger partial charge in [0.05, 0.1) is 5.69 Å². The number of pyridine rings is 1. The van der Waals surface area contributed by atoms with Gasteiger partial charge in [-0.15, -0.1) is 0 Å². The van der Waals surface area contributed by atoms with Crippen LogP contribution in [0.4, 0.5) is 0 Å². The molecule has 1 N–H and O–H groups in total. The van der Waals surface area contributed by atoms with Gasteiger partial charge in [0.25, 0.3) is 0 Å². The van der Waals surface area contributed by atoms with Crippen molar-refractivity contribution in [1.29, 1.82) is 0 Å². The fraction of sp³-hybridized carbons (Fsp3) is 0.706. The van der Waals surface area contributed by atoms with Crippen molar-refractivity contribution >= 4 is 0 Å². The van der Waals surface area contributed by atoms with E-state index in [2.05, 4.69) is 35.1 Å². The molecule has 2 fully saturated rings. The van der Waals surface area contributed by atoms with Crippen LogP contribution in [-0.2, 0) is 6.54 Å². The van der Waals surface area contributed by atoms with E-state index in [1.54, 1.807) is 0 Å². The number of nitrogens with one attached hydrogen (secondary N) is 1. The molecule has 20 heavy (non-hydrogen) atoms. The van der Waals surface area contributed by atoms with E-state index >= 15 is 0 Å². The molecule has 3 heteroatoms. The maximum atomic E-state index is 4.58. The molecule has 0 aromatic carbocycles. The quantitative estimate of drug-likeness (QED) is 0.894. The van der Waals surface area contributed by atoms with Crippen LogP contribution < -0.4 is 5.32 Å². The van der Waals surface area contributed by atoms with Gasteiger partial charge in [-0.1, -0.05) is 13.0 Å². The molecule has 2 atom stereocenters. The Kier molecular flexibility index (Phi) is 4.37. The van der Waals surface area contributed by atoms with Gasteiger partial charge in [0.2, 0.25) is 0 Å². The molecule has 3 rings (SSSR count). The number of fused-ring (bicyclic) bond motifs is 2. The second-order valence-electron chi connectivity index (χ2n) is 6.45. The van der Waals surface area contributed by atoms with E-state index in [1.165, 1.54) is 49.9 Å². The lowest BCUT2D eigenvalue weighted by Gasteiger charge is -2.39. The van der Waals surface area contributed by atoms with Crippen molar-refractivity contribution in [1.82, 2.24) is 15.2 Å². The first kappa shape index (κ1) is 14.0. The predicted octanol–water partition coefficient (Wildman–Crippen LogP) is 2.89. The predicted molar refractivity (Wildman–Crippen MR) is 82.6 cm³/mol. The van der Waals surface area contributed by atoms with Gasteiger partial charge >= 0.3 is 0 Å². The van der Waals surface area contributed by atoms with Gasteiger partial charge in [0.1, 0.15) is 0 Å². The summed E-state index contributed by atoms with van der Waals surface area (Å²) in [5.74, 6) is 0. The Balaban J connectivity index is 1.64. The number of hydrogen-bond donors (Lipinski definition) is 1. The SMILES string of the molecule is CCCNC1CC2CCC(C1)N2Cc1ncccc1C. The van der Waals surface area contributed by atoms with Gasteiger partial charge in [0.15, 0.2) is 0 Å². The first-order valence-electron chi connectivity index (χ1n) is 8.17. The Morgan fingerprint density at radius 3 is 2.70 bits per heavy atom. The van der Waals surface area contributed by atoms with Gasteiger partial charge < -0.3 is 5.32 Å². The number of rotatable bonds is 5. The molecule has 2 aliphatic rings. The van der Waals surface area contributed by atoms with Crippen LogP contribution in [0.15, 0.2) is 18.3 Å². The monoisotopic (exact) mass is 273 g/mol. The molecule has 0 amide bonds. The molecule has 0 radical (unpaired) electrons. The Labute approximate surface area is 122 Å². The molecule has 2 bridgehead atoms. The Morgan fingerprint density at radius 1 is 1.30 bits per heavy atom. The van der Waals surface area contributed by atoms with E-state index in [-0.39, 0.29) is 0 Å². The summed E-state index contributed by atoms with van der Waals surface area (Å²) >= 11 is 0. The molecule has 2 aliphatic heterocycles. The van der Waals surface area contributed by atoms with Crippen LogP contribution in [0.2, 0.25) is 0 Å². The van der Waals surface area contributed by atoms with Gasteiger partial charge in [-0.2, -0.15) is 0 Å². The number of hydrogen-bond acceptors (Lipinski definition) is 3. The summed E-state index contributed by atoms with van der Waals surface area (Å²) in [4.78, 5) is 7.30.